The van der Waals surface area contributed by atoms with Crippen LogP contribution in [0.4, 0.5) is 0 Å². The van der Waals surface area contributed by atoms with E-state index >= 15 is 0 Å². The molecular formula is C15H18N6O3. The normalized spacial score (nSPS) is 19.0. The first-order valence-electron chi connectivity index (χ1n) is 7.81. The van der Waals surface area contributed by atoms with Crippen LogP contribution in [-0.2, 0) is 17.8 Å². The summed E-state index contributed by atoms with van der Waals surface area (Å²) >= 11 is 0. The molecule has 0 spiro atoms. The summed E-state index contributed by atoms with van der Waals surface area (Å²) in [4.78, 5) is 6.18. The maximum Gasteiger partial charge on any atom is 0.283 e. The van der Waals surface area contributed by atoms with Crippen molar-refractivity contribution in [3.05, 3.63) is 36.4 Å². The number of furan rings is 1. The molecule has 0 saturated carbocycles. The van der Waals surface area contributed by atoms with Gasteiger partial charge in [-0.1, -0.05) is 0 Å². The Morgan fingerprint density at radius 1 is 1.33 bits per heavy atom. The summed E-state index contributed by atoms with van der Waals surface area (Å²) in [6, 6.07) is 1.87. The van der Waals surface area contributed by atoms with E-state index in [-0.39, 0.29) is 6.10 Å². The molecule has 0 aliphatic carbocycles. The number of nitrogens with zero attached hydrogens (tertiary/aromatic N) is 6. The van der Waals surface area contributed by atoms with Crippen molar-refractivity contribution < 1.29 is 13.6 Å². The molecule has 1 fully saturated rings. The molecule has 0 unspecified atom stereocenters. The summed E-state index contributed by atoms with van der Waals surface area (Å²) in [6.45, 7) is 5.47. The molecule has 0 radical (unpaired) electrons. The molecule has 126 valence electrons. The average Bonchev–Trinajstić information content (AvgIpc) is 3.30. The Morgan fingerprint density at radius 2 is 2.29 bits per heavy atom. The Morgan fingerprint density at radius 3 is 3.08 bits per heavy atom. The first kappa shape index (κ1) is 15.0. The minimum absolute atomic E-state index is 0.0650. The summed E-state index contributed by atoms with van der Waals surface area (Å²) < 4.78 is 18.7. The Balaban J connectivity index is 1.38. The SMILES string of the molecule is Cc1ccoc1-c1nnc(CN2CCO[C@@H](Cn3cncn3)C2)o1. The first-order chi connectivity index (χ1) is 11.8. The summed E-state index contributed by atoms with van der Waals surface area (Å²) in [5.41, 5.74) is 0.976. The van der Waals surface area contributed by atoms with Crippen LogP contribution < -0.4 is 0 Å². The summed E-state index contributed by atoms with van der Waals surface area (Å²) in [5.74, 6) is 1.61. The minimum atomic E-state index is 0.0650. The number of hydrogen-bond donors (Lipinski definition) is 0. The van der Waals surface area contributed by atoms with Gasteiger partial charge in [0.2, 0.25) is 5.89 Å². The predicted molar refractivity (Wildman–Crippen MR) is 81.8 cm³/mol. The van der Waals surface area contributed by atoms with Crippen LogP contribution >= 0.6 is 0 Å². The Hall–Kier alpha value is -2.52. The van der Waals surface area contributed by atoms with E-state index in [0.29, 0.717) is 37.2 Å². The fraction of sp³-hybridized carbons (Fsp3) is 0.467. The number of aromatic nitrogens is 5. The molecule has 1 aliphatic heterocycles. The highest BCUT2D eigenvalue weighted by Crippen LogP contribution is 2.23. The molecule has 0 amide bonds. The van der Waals surface area contributed by atoms with Gasteiger partial charge < -0.3 is 13.6 Å². The summed E-state index contributed by atoms with van der Waals surface area (Å²) in [7, 11) is 0. The van der Waals surface area contributed by atoms with Crippen molar-refractivity contribution in [2.45, 2.75) is 26.1 Å². The second-order valence-electron chi connectivity index (χ2n) is 5.78. The van der Waals surface area contributed by atoms with Gasteiger partial charge in [-0.15, -0.1) is 10.2 Å². The van der Waals surface area contributed by atoms with E-state index in [4.69, 9.17) is 13.6 Å². The third-order valence-electron chi connectivity index (χ3n) is 3.96. The zero-order chi connectivity index (χ0) is 16.4. The Bertz CT molecular complexity index is 781. The van der Waals surface area contributed by atoms with E-state index < -0.39 is 0 Å². The van der Waals surface area contributed by atoms with Crippen molar-refractivity contribution in [1.29, 1.82) is 0 Å². The van der Waals surface area contributed by atoms with E-state index in [9.17, 15) is 0 Å². The number of ether oxygens (including phenoxy) is 1. The molecule has 9 nitrogen and oxygen atoms in total. The van der Waals surface area contributed by atoms with Crippen LogP contribution in [0.15, 0.2) is 33.8 Å². The quantitative estimate of drug-likeness (QED) is 0.687. The zero-order valence-corrected chi connectivity index (χ0v) is 13.3. The van der Waals surface area contributed by atoms with Crippen molar-refractivity contribution in [2.24, 2.45) is 0 Å². The molecule has 1 saturated heterocycles. The van der Waals surface area contributed by atoms with Crippen LogP contribution in [0.1, 0.15) is 11.5 Å². The van der Waals surface area contributed by atoms with Crippen molar-refractivity contribution in [1.82, 2.24) is 29.9 Å². The van der Waals surface area contributed by atoms with Gasteiger partial charge in [-0.3, -0.25) is 9.58 Å². The van der Waals surface area contributed by atoms with Gasteiger partial charge in [-0.2, -0.15) is 5.10 Å². The first-order valence-corrected chi connectivity index (χ1v) is 7.81. The molecule has 9 heteroatoms. The van der Waals surface area contributed by atoms with E-state index in [1.807, 2.05) is 13.0 Å². The lowest BCUT2D eigenvalue weighted by atomic mass is 10.2. The monoisotopic (exact) mass is 330 g/mol. The summed E-state index contributed by atoms with van der Waals surface area (Å²) in [6.07, 6.45) is 4.90. The standard InChI is InChI=1S/C15H18N6O3/c1-11-2-4-23-14(11)15-19-18-13(24-15)8-20-3-5-22-12(6-20)7-21-10-16-9-17-21/h2,4,9-10,12H,3,5-8H2,1H3/t12-/m1/s1. The molecule has 1 atom stereocenters. The van der Waals surface area contributed by atoms with Gasteiger partial charge in [-0.05, 0) is 13.0 Å². The van der Waals surface area contributed by atoms with Crippen LogP contribution in [0.25, 0.3) is 11.7 Å². The molecule has 1 aliphatic rings. The van der Waals surface area contributed by atoms with Gasteiger partial charge in [0.05, 0.1) is 32.1 Å². The van der Waals surface area contributed by atoms with Crippen molar-refractivity contribution in [3.8, 4) is 11.7 Å². The molecule has 4 heterocycles. The lowest BCUT2D eigenvalue weighted by Crippen LogP contribution is -2.43. The molecule has 24 heavy (non-hydrogen) atoms. The Labute approximate surface area is 138 Å². The third-order valence-corrected chi connectivity index (χ3v) is 3.96. The van der Waals surface area contributed by atoms with Crippen molar-refractivity contribution >= 4 is 0 Å². The van der Waals surface area contributed by atoms with Crippen LogP contribution in [0, 0.1) is 6.92 Å². The van der Waals surface area contributed by atoms with Crippen molar-refractivity contribution in [2.75, 3.05) is 19.7 Å². The zero-order valence-electron chi connectivity index (χ0n) is 13.3. The predicted octanol–water partition coefficient (Wildman–Crippen LogP) is 1.13. The second kappa shape index (κ2) is 6.54. The second-order valence-corrected chi connectivity index (χ2v) is 5.78. The number of hydrogen-bond acceptors (Lipinski definition) is 8. The van der Waals surface area contributed by atoms with Gasteiger partial charge >= 0.3 is 0 Å². The van der Waals surface area contributed by atoms with Crippen LogP contribution in [-0.4, -0.2) is 55.7 Å². The fourth-order valence-electron chi connectivity index (χ4n) is 2.76. The maximum atomic E-state index is 5.79. The van der Waals surface area contributed by atoms with Crippen LogP contribution in [0.5, 0.6) is 0 Å². The number of aryl methyl sites for hydroxylation is 1. The molecule has 3 aromatic heterocycles. The van der Waals surface area contributed by atoms with E-state index in [1.54, 1.807) is 17.3 Å². The lowest BCUT2D eigenvalue weighted by Gasteiger charge is -2.31. The van der Waals surface area contributed by atoms with Gasteiger partial charge in [0.1, 0.15) is 12.7 Å². The van der Waals surface area contributed by atoms with Crippen LogP contribution in [0.3, 0.4) is 0 Å². The maximum absolute atomic E-state index is 5.79. The number of morpholine rings is 1. The third kappa shape index (κ3) is 3.22. The smallest absolute Gasteiger partial charge is 0.283 e. The largest absolute Gasteiger partial charge is 0.459 e. The minimum Gasteiger partial charge on any atom is -0.459 e. The lowest BCUT2D eigenvalue weighted by molar-refractivity contribution is -0.0422. The highest BCUT2D eigenvalue weighted by Gasteiger charge is 2.23. The fourth-order valence-corrected chi connectivity index (χ4v) is 2.76. The number of rotatable bonds is 5. The topological polar surface area (TPSA) is 95.2 Å². The van der Waals surface area contributed by atoms with Gasteiger partial charge in [0.25, 0.3) is 5.89 Å². The van der Waals surface area contributed by atoms with Crippen LogP contribution in [0.2, 0.25) is 0 Å². The highest BCUT2D eigenvalue weighted by atomic mass is 16.5. The van der Waals surface area contributed by atoms with Crippen molar-refractivity contribution in [3.63, 3.8) is 0 Å². The molecular weight excluding hydrogens is 312 g/mol. The van der Waals surface area contributed by atoms with E-state index in [0.717, 1.165) is 18.7 Å². The molecule has 0 aromatic carbocycles. The molecule has 3 aromatic rings. The van der Waals surface area contributed by atoms with Gasteiger partial charge in [0, 0.05) is 18.7 Å². The molecule has 4 rings (SSSR count). The van der Waals surface area contributed by atoms with E-state index in [2.05, 4.69) is 25.2 Å². The average molecular weight is 330 g/mol. The highest BCUT2D eigenvalue weighted by molar-refractivity contribution is 5.49. The summed E-state index contributed by atoms with van der Waals surface area (Å²) in [5, 5.41) is 12.3. The van der Waals surface area contributed by atoms with E-state index in [1.165, 1.54) is 6.33 Å². The molecule has 0 N–H and O–H groups in total. The molecule has 0 bridgehead atoms. The van der Waals surface area contributed by atoms with Gasteiger partial charge in [-0.25, -0.2) is 4.98 Å². The Kier molecular flexibility index (Phi) is 4.09. The van der Waals surface area contributed by atoms with Gasteiger partial charge in [0.15, 0.2) is 5.76 Å².